The molecule has 1 heterocycles. The monoisotopic (exact) mass is 283 g/mol. The molecule has 0 aliphatic heterocycles. The van der Waals surface area contributed by atoms with Crippen molar-refractivity contribution in [3.63, 3.8) is 0 Å². The van der Waals surface area contributed by atoms with Crippen molar-refractivity contribution in [3.8, 4) is 0 Å². The van der Waals surface area contributed by atoms with Crippen LogP contribution in [0, 0.1) is 23.3 Å². The third kappa shape index (κ3) is 2.76. The van der Waals surface area contributed by atoms with Gasteiger partial charge in [-0.1, -0.05) is 0 Å². The molecule has 7 heteroatoms. The predicted molar refractivity (Wildman–Crippen MR) is 66.3 cm³/mol. The molecule has 0 radical (unpaired) electrons. The van der Waals surface area contributed by atoms with Gasteiger partial charge in [-0.3, -0.25) is 10.4 Å². The fraction of sp³-hybridized carbons (Fsp3) is 0.0769. The van der Waals surface area contributed by atoms with E-state index in [1.807, 2.05) is 5.43 Å². The summed E-state index contributed by atoms with van der Waals surface area (Å²) in [6.45, 7) is 1.56. The average Bonchev–Trinajstić information content (AvgIpc) is 2.46. The molecule has 0 aliphatic carbocycles. The number of aromatic nitrogens is 1. The van der Waals surface area contributed by atoms with Crippen molar-refractivity contribution in [2.45, 2.75) is 6.92 Å². The largest absolute Gasteiger partial charge is 0.272 e. The van der Waals surface area contributed by atoms with Gasteiger partial charge in [0.05, 0.1) is 5.71 Å². The number of halogens is 4. The molecule has 1 aromatic heterocycles. The Morgan fingerprint density at radius 3 is 2.15 bits per heavy atom. The van der Waals surface area contributed by atoms with E-state index < -0.39 is 29.0 Å². The SMILES string of the molecule is C/C(=N\Nc1c(F)c(F)cc(F)c1F)c1ccncc1. The lowest BCUT2D eigenvalue weighted by Crippen LogP contribution is -2.05. The van der Waals surface area contributed by atoms with E-state index in [0.717, 1.165) is 0 Å². The van der Waals surface area contributed by atoms with Crippen LogP contribution in [0.2, 0.25) is 0 Å². The van der Waals surface area contributed by atoms with Crippen LogP contribution < -0.4 is 5.43 Å². The number of anilines is 1. The van der Waals surface area contributed by atoms with Gasteiger partial charge in [-0.25, -0.2) is 17.6 Å². The van der Waals surface area contributed by atoms with Gasteiger partial charge in [0.2, 0.25) is 0 Å². The van der Waals surface area contributed by atoms with E-state index in [4.69, 9.17) is 0 Å². The summed E-state index contributed by atoms with van der Waals surface area (Å²) in [7, 11) is 0. The first-order chi connectivity index (χ1) is 9.50. The minimum absolute atomic E-state index is 0.134. The molecule has 2 rings (SSSR count). The predicted octanol–water partition coefficient (Wildman–Crippen LogP) is 3.47. The molecule has 0 fully saturated rings. The zero-order valence-corrected chi connectivity index (χ0v) is 10.3. The topological polar surface area (TPSA) is 37.3 Å². The average molecular weight is 283 g/mol. The van der Waals surface area contributed by atoms with Crippen molar-refractivity contribution in [2.75, 3.05) is 5.43 Å². The zero-order chi connectivity index (χ0) is 14.7. The molecule has 0 saturated heterocycles. The number of hydrogen-bond acceptors (Lipinski definition) is 3. The van der Waals surface area contributed by atoms with Crippen LogP contribution in [0.5, 0.6) is 0 Å². The summed E-state index contributed by atoms with van der Waals surface area (Å²) in [6, 6.07) is 3.38. The Morgan fingerprint density at radius 1 is 1.05 bits per heavy atom. The Labute approximate surface area is 112 Å². The molecule has 0 bridgehead atoms. The van der Waals surface area contributed by atoms with Crippen LogP contribution in [0.15, 0.2) is 35.7 Å². The van der Waals surface area contributed by atoms with Gasteiger partial charge in [-0.05, 0) is 19.1 Å². The Kier molecular flexibility index (Phi) is 3.97. The van der Waals surface area contributed by atoms with E-state index in [-0.39, 0.29) is 6.07 Å². The third-order valence-electron chi connectivity index (χ3n) is 2.55. The van der Waals surface area contributed by atoms with Crippen molar-refractivity contribution in [2.24, 2.45) is 5.10 Å². The van der Waals surface area contributed by atoms with Crippen molar-refractivity contribution in [3.05, 3.63) is 59.4 Å². The smallest absolute Gasteiger partial charge is 0.186 e. The number of nitrogens with zero attached hydrogens (tertiary/aromatic N) is 2. The Bertz CT molecular complexity index is 630. The van der Waals surface area contributed by atoms with Crippen molar-refractivity contribution < 1.29 is 17.6 Å². The van der Waals surface area contributed by atoms with Crippen LogP contribution in [-0.4, -0.2) is 10.7 Å². The quantitative estimate of drug-likeness (QED) is 0.405. The lowest BCUT2D eigenvalue weighted by Gasteiger charge is -2.07. The molecule has 0 aliphatic rings. The molecular weight excluding hydrogens is 274 g/mol. The molecule has 0 saturated carbocycles. The second-order valence-corrected chi connectivity index (χ2v) is 3.89. The van der Waals surface area contributed by atoms with Gasteiger partial charge in [-0.2, -0.15) is 5.10 Å². The lowest BCUT2D eigenvalue weighted by atomic mass is 10.2. The van der Waals surface area contributed by atoms with E-state index in [9.17, 15) is 17.6 Å². The van der Waals surface area contributed by atoms with E-state index in [1.54, 1.807) is 19.1 Å². The fourth-order valence-corrected chi connectivity index (χ4v) is 1.47. The highest BCUT2D eigenvalue weighted by Gasteiger charge is 2.18. The Hall–Kier alpha value is -2.44. The molecule has 1 aromatic carbocycles. The van der Waals surface area contributed by atoms with Gasteiger partial charge in [-0.15, -0.1) is 0 Å². The zero-order valence-electron chi connectivity index (χ0n) is 10.3. The van der Waals surface area contributed by atoms with E-state index >= 15 is 0 Å². The molecular formula is C13H9F4N3. The summed E-state index contributed by atoms with van der Waals surface area (Å²) in [6.07, 6.45) is 3.02. The number of hydrogen-bond donors (Lipinski definition) is 1. The van der Waals surface area contributed by atoms with Gasteiger partial charge in [0, 0.05) is 24.0 Å². The van der Waals surface area contributed by atoms with Gasteiger partial charge >= 0.3 is 0 Å². The second-order valence-electron chi connectivity index (χ2n) is 3.89. The molecule has 0 amide bonds. The highest BCUT2D eigenvalue weighted by atomic mass is 19.2. The molecule has 0 unspecified atom stereocenters. The second kappa shape index (κ2) is 5.68. The van der Waals surface area contributed by atoms with Crippen molar-refractivity contribution in [1.82, 2.24) is 4.98 Å². The number of benzene rings is 1. The van der Waals surface area contributed by atoms with E-state index in [0.29, 0.717) is 11.3 Å². The van der Waals surface area contributed by atoms with Crippen molar-refractivity contribution >= 4 is 11.4 Å². The standard InChI is InChI=1S/C13H9F4N3/c1-7(8-2-4-18-5-3-8)19-20-13-11(16)9(14)6-10(15)12(13)17/h2-6,20H,1H3/b19-7+. The van der Waals surface area contributed by atoms with Crippen LogP contribution in [0.3, 0.4) is 0 Å². The fourth-order valence-electron chi connectivity index (χ4n) is 1.47. The normalized spacial score (nSPS) is 11.6. The minimum Gasteiger partial charge on any atom is -0.272 e. The summed E-state index contributed by atoms with van der Waals surface area (Å²) in [5.41, 5.74) is 2.04. The summed E-state index contributed by atoms with van der Waals surface area (Å²) in [5.74, 6) is -6.06. The summed E-state index contributed by atoms with van der Waals surface area (Å²) < 4.78 is 52.7. The first-order valence-corrected chi connectivity index (χ1v) is 5.54. The summed E-state index contributed by atoms with van der Waals surface area (Å²) >= 11 is 0. The first kappa shape index (κ1) is 14.0. The lowest BCUT2D eigenvalue weighted by molar-refractivity contribution is 0.458. The van der Waals surface area contributed by atoms with Crippen LogP contribution >= 0.6 is 0 Å². The molecule has 1 N–H and O–H groups in total. The van der Waals surface area contributed by atoms with Gasteiger partial charge in [0.1, 0.15) is 5.69 Å². The van der Waals surface area contributed by atoms with Crippen LogP contribution in [-0.2, 0) is 0 Å². The Balaban J connectivity index is 2.32. The van der Waals surface area contributed by atoms with Crippen LogP contribution in [0.4, 0.5) is 23.2 Å². The van der Waals surface area contributed by atoms with Gasteiger partial charge < -0.3 is 0 Å². The summed E-state index contributed by atoms with van der Waals surface area (Å²) in [4.78, 5) is 3.80. The maximum Gasteiger partial charge on any atom is 0.186 e. The molecule has 104 valence electrons. The molecule has 20 heavy (non-hydrogen) atoms. The van der Waals surface area contributed by atoms with E-state index in [1.165, 1.54) is 12.4 Å². The molecule has 3 nitrogen and oxygen atoms in total. The van der Waals surface area contributed by atoms with Gasteiger partial charge in [0.15, 0.2) is 23.3 Å². The Morgan fingerprint density at radius 2 is 1.60 bits per heavy atom. The van der Waals surface area contributed by atoms with E-state index in [2.05, 4.69) is 10.1 Å². The maximum absolute atomic E-state index is 13.4. The number of nitrogens with one attached hydrogen (secondary N) is 1. The van der Waals surface area contributed by atoms with Crippen LogP contribution in [0.1, 0.15) is 12.5 Å². The highest BCUT2D eigenvalue weighted by molar-refractivity contribution is 5.98. The van der Waals surface area contributed by atoms with Crippen molar-refractivity contribution in [1.29, 1.82) is 0 Å². The minimum atomic E-state index is -1.53. The third-order valence-corrected chi connectivity index (χ3v) is 2.55. The summed E-state index contributed by atoms with van der Waals surface area (Å²) in [5, 5.41) is 3.69. The number of pyridine rings is 1. The highest BCUT2D eigenvalue weighted by Crippen LogP contribution is 2.24. The van der Waals surface area contributed by atoms with Gasteiger partial charge in [0.25, 0.3) is 0 Å². The molecule has 0 atom stereocenters. The number of rotatable bonds is 3. The molecule has 2 aromatic rings. The molecule has 0 spiro atoms. The maximum atomic E-state index is 13.4. The van der Waals surface area contributed by atoms with Crippen LogP contribution in [0.25, 0.3) is 0 Å². The first-order valence-electron chi connectivity index (χ1n) is 5.54. The number of hydrazone groups is 1.